The summed E-state index contributed by atoms with van der Waals surface area (Å²) in [6.45, 7) is 6.59. The molecule has 1 atom stereocenters. The first-order valence-electron chi connectivity index (χ1n) is 10.5. The molecule has 1 amide bonds. The topological polar surface area (TPSA) is 72.6 Å². The van der Waals surface area contributed by atoms with Crippen molar-refractivity contribution in [2.75, 3.05) is 11.5 Å². The fraction of sp³-hybridized carbons (Fsp3) is 0.240. The van der Waals surface area contributed by atoms with E-state index in [1.165, 1.54) is 11.3 Å². The average molecular weight is 447 g/mol. The average Bonchev–Trinajstić information content (AvgIpc) is 3.41. The van der Waals surface area contributed by atoms with Crippen LogP contribution in [0, 0.1) is 13.8 Å². The first-order chi connectivity index (χ1) is 15.5. The Balaban J connectivity index is 1.72. The Kier molecular flexibility index (Phi) is 5.06. The van der Waals surface area contributed by atoms with Crippen LogP contribution in [0.25, 0.3) is 11.0 Å². The second-order valence-electron chi connectivity index (χ2n) is 7.92. The van der Waals surface area contributed by atoms with Crippen LogP contribution in [0.3, 0.4) is 0 Å². The summed E-state index contributed by atoms with van der Waals surface area (Å²) in [6.07, 6.45) is 2.56. The van der Waals surface area contributed by atoms with E-state index in [9.17, 15) is 9.59 Å². The van der Waals surface area contributed by atoms with Crippen molar-refractivity contribution in [1.29, 1.82) is 0 Å². The minimum Gasteiger partial charge on any atom is -0.494 e. The Hall–Kier alpha value is -3.45. The number of anilines is 1. The number of amides is 1. The maximum absolute atomic E-state index is 13.7. The fourth-order valence-corrected chi connectivity index (χ4v) is 4.71. The lowest BCUT2D eigenvalue weighted by molar-refractivity contribution is 0.0971. The Morgan fingerprint density at radius 3 is 2.56 bits per heavy atom. The van der Waals surface area contributed by atoms with Crippen molar-refractivity contribution >= 4 is 33.3 Å². The van der Waals surface area contributed by atoms with Gasteiger partial charge in [0.2, 0.25) is 5.76 Å². The van der Waals surface area contributed by atoms with Gasteiger partial charge in [0.15, 0.2) is 10.6 Å². The summed E-state index contributed by atoms with van der Waals surface area (Å²) in [5.74, 6) is 0.471. The van der Waals surface area contributed by atoms with E-state index >= 15 is 0 Å². The first-order valence-corrected chi connectivity index (χ1v) is 11.4. The summed E-state index contributed by atoms with van der Waals surface area (Å²) in [5.41, 5.74) is 3.39. The van der Waals surface area contributed by atoms with Crippen molar-refractivity contribution in [2.45, 2.75) is 33.2 Å². The van der Waals surface area contributed by atoms with E-state index in [-0.39, 0.29) is 17.1 Å². The summed E-state index contributed by atoms with van der Waals surface area (Å²) in [4.78, 5) is 33.0. The third-order valence-electron chi connectivity index (χ3n) is 5.78. The zero-order valence-electron chi connectivity index (χ0n) is 18.0. The molecule has 0 aliphatic carbocycles. The highest BCUT2D eigenvalue weighted by Crippen LogP contribution is 2.42. The molecule has 4 aromatic rings. The van der Waals surface area contributed by atoms with Crippen molar-refractivity contribution in [1.82, 2.24) is 4.98 Å². The monoisotopic (exact) mass is 446 g/mol. The van der Waals surface area contributed by atoms with Crippen LogP contribution >= 0.6 is 11.3 Å². The van der Waals surface area contributed by atoms with E-state index in [1.54, 1.807) is 11.1 Å². The predicted octanol–water partition coefficient (Wildman–Crippen LogP) is 5.40. The molecule has 0 N–H and O–H groups in total. The maximum atomic E-state index is 13.7. The number of nitrogens with zero attached hydrogens (tertiary/aromatic N) is 2. The molecule has 2 aromatic heterocycles. The molecule has 0 saturated carbocycles. The molecular formula is C25H22N2O4S. The Morgan fingerprint density at radius 2 is 1.88 bits per heavy atom. The lowest BCUT2D eigenvalue weighted by Crippen LogP contribution is -2.29. The summed E-state index contributed by atoms with van der Waals surface area (Å²) in [5, 5.41) is 2.81. The molecule has 0 spiro atoms. The quantitative estimate of drug-likeness (QED) is 0.410. The predicted molar refractivity (Wildman–Crippen MR) is 125 cm³/mol. The molecule has 1 aliphatic heterocycles. The van der Waals surface area contributed by atoms with Gasteiger partial charge in [0.25, 0.3) is 5.91 Å². The van der Waals surface area contributed by atoms with Crippen LogP contribution in [-0.4, -0.2) is 17.5 Å². The second-order valence-corrected chi connectivity index (χ2v) is 8.79. The molecule has 1 unspecified atom stereocenters. The number of hydrogen-bond acceptors (Lipinski definition) is 6. The van der Waals surface area contributed by atoms with Gasteiger partial charge in [0.1, 0.15) is 11.3 Å². The minimum atomic E-state index is -0.619. The van der Waals surface area contributed by atoms with Crippen LogP contribution in [0.1, 0.15) is 52.2 Å². The maximum Gasteiger partial charge on any atom is 0.297 e. The SMILES string of the molecule is CCCOc1ccc(C2c3c(oc4cc(C)c(C)cc4c3=O)C(=O)N2c2nccs2)cc1. The first kappa shape index (κ1) is 20.5. The summed E-state index contributed by atoms with van der Waals surface area (Å²) in [7, 11) is 0. The van der Waals surface area contributed by atoms with Gasteiger partial charge in [-0.2, -0.15) is 0 Å². The molecule has 0 bridgehead atoms. The minimum absolute atomic E-state index is 0.0808. The number of aromatic nitrogens is 1. The summed E-state index contributed by atoms with van der Waals surface area (Å²) < 4.78 is 11.7. The van der Waals surface area contributed by atoms with E-state index in [0.29, 0.717) is 28.3 Å². The fourth-order valence-electron chi connectivity index (χ4n) is 4.04. The molecular weight excluding hydrogens is 424 g/mol. The molecule has 0 saturated heterocycles. The van der Waals surface area contributed by atoms with Gasteiger partial charge in [-0.05, 0) is 61.2 Å². The molecule has 1 aliphatic rings. The number of ether oxygens (including phenoxy) is 1. The smallest absolute Gasteiger partial charge is 0.297 e. The number of rotatable bonds is 5. The second kappa shape index (κ2) is 7.91. The molecule has 3 heterocycles. The van der Waals surface area contributed by atoms with Crippen molar-refractivity contribution in [3.8, 4) is 5.75 Å². The largest absolute Gasteiger partial charge is 0.494 e. The Morgan fingerprint density at radius 1 is 1.12 bits per heavy atom. The van der Waals surface area contributed by atoms with Crippen LogP contribution in [0.2, 0.25) is 0 Å². The molecule has 6 nitrogen and oxygen atoms in total. The van der Waals surface area contributed by atoms with Crippen LogP contribution in [-0.2, 0) is 0 Å². The number of hydrogen-bond donors (Lipinski definition) is 0. The van der Waals surface area contributed by atoms with Gasteiger partial charge in [0, 0.05) is 11.6 Å². The van der Waals surface area contributed by atoms with Gasteiger partial charge in [-0.3, -0.25) is 14.5 Å². The van der Waals surface area contributed by atoms with Gasteiger partial charge in [-0.1, -0.05) is 19.1 Å². The van der Waals surface area contributed by atoms with Crippen molar-refractivity contribution in [3.63, 3.8) is 0 Å². The number of carbonyl (C=O) groups is 1. The third-order valence-corrected chi connectivity index (χ3v) is 6.55. The van der Waals surface area contributed by atoms with Crippen LogP contribution in [0.4, 0.5) is 5.13 Å². The lowest BCUT2D eigenvalue weighted by Gasteiger charge is -2.22. The highest BCUT2D eigenvalue weighted by molar-refractivity contribution is 7.13. The number of benzene rings is 2. The highest BCUT2D eigenvalue weighted by Gasteiger charge is 2.44. The van der Waals surface area contributed by atoms with E-state index in [1.807, 2.05) is 62.5 Å². The lowest BCUT2D eigenvalue weighted by atomic mass is 9.97. The van der Waals surface area contributed by atoms with Crippen molar-refractivity contribution in [3.05, 3.63) is 86.2 Å². The van der Waals surface area contributed by atoms with Gasteiger partial charge in [0.05, 0.1) is 23.6 Å². The number of fused-ring (bicyclic) bond motifs is 2. The van der Waals surface area contributed by atoms with Crippen LogP contribution in [0.5, 0.6) is 5.75 Å². The normalized spacial score (nSPS) is 15.4. The Labute approximate surface area is 189 Å². The van der Waals surface area contributed by atoms with Gasteiger partial charge in [-0.25, -0.2) is 4.98 Å². The van der Waals surface area contributed by atoms with Gasteiger partial charge >= 0.3 is 0 Å². The zero-order valence-corrected chi connectivity index (χ0v) is 18.9. The molecule has 0 fully saturated rings. The van der Waals surface area contributed by atoms with Crippen LogP contribution < -0.4 is 15.1 Å². The Bertz CT molecular complexity index is 1370. The number of aryl methyl sites for hydroxylation is 2. The molecule has 2 aromatic carbocycles. The zero-order chi connectivity index (χ0) is 22.4. The van der Waals surface area contributed by atoms with Crippen molar-refractivity contribution in [2.24, 2.45) is 0 Å². The molecule has 162 valence electrons. The molecule has 32 heavy (non-hydrogen) atoms. The highest BCUT2D eigenvalue weighted by atomic mass is 32.1. The molecule has 7 heteroatoms. The van der Waals surface area contributed by atoms with Crippen molar-refractivity contribution < 1.29 is 13.9 Å². The standard InChI is InChI=1S/C25H22N2O4S/c1-4-10-30-17-7-5-16(6-8-17)21-20-22(28)18-12-14(2)15(3)13-19(18)31-23(20)24(29)27(21)25-26-9-11-32-25/h5-9,11-13,21H,4,10H2,1-3H3. The number of carbonyl (C=O) groups excluding carboxylic acids is 1. The van der Waals surface area contributed by atoms with E-state index in [2.05, 4.69) is 4.98 Å². The molecule has 0 radical (unpaired) electrons. The van der Waals surface area contributed by atoms with Gasteiger partial charge in [-0.15, -0.1) is 11.3 Å². The summed E-state index contributed by atoms with van der Waals surface area (Å²) >= 11 is 1.35. The summed E-state index contributed by atoms with van der Waals surface area (Å²) in [6, 6.07) is 10.6. The van der Waals surface area contributed by atoms with Crippen LogP contribution in [0.15, 0.2) is 57.2 Å². The van der Waals surface area contributed by atoms with E-state index in [0.717, 1.165) is 28.9 Å². The van der Waals surface area contributed by atoms with E-state index < -0.39 is 6.04 Å². The molecule has 5 rings (SSSR count). The van der Waals surface area contributed by atoms with Gasteiger partial charge < -0.3 is 9.15 Å². The third kappa shape index (κ3) is 3.20. The van der Waals surface area contributed by atoms with E-state index in [4.69, 9.17) is 9.15 Å². The number of thiazole rings is 1.